The van der Waals surface area contributed by atoms with Crippen molar-refractivity contribution in [2.75, 3.05) is 6.66 Å². The van der Waals surface area contributed by atoms with Gasteiger partial charge in [-0.1, -0.05) is 0 Å². The second-order valence-corrected chi connectivity index (χ2v) is 3.61. The number of rotatable bonds is 2. The van der Waals surface area contributed by atoms with Gasteiger partial charge in [-0.15, -0.1) is 13.2 Å². The number of halogens is 1. The van der Waals surface area contributed by atoms with E-state index in [4.69, 9.17) is 0 Å². The van der Waals surface area contributed by atoms with Crippen LogP contribution >= 0.6 is 7.68 Å². The highest BCUT2D eigenvalue weighted by molar-refractivity contribution is 7.52. The maximum Gasteiger partial charge on any atom is 0.364 e. The summed E-state index contributed by atoms with van der Waals surface area (Å²) in [6.07, 6.45) is -0.296. The van der Waals surface area contributed by atoms with Crippen LogP contribution in [-0.2, 0) is 9.09 Å². The van der Waals surface area contributed by atoms with Crippen molar-refractivity contribution in [1.29, 1.82) is 0 Å². The second kappa shape index (κ2) is 5.63. The maximum atomic E-state index is 12.0. The van der Waals surface area contributed by atoms with Crippen LogP contribution in [0.15, 0.2) is 13.2 Å². The minimum atomic E-state index is -3.72. The highest BCUT2D eigenvalue weighted by Gasteiger charge is 2.13. The Morgan fingerprint density at radius 2 is 1.80 bits per heavy atom. The fourth-order valence-corrected chi connectivity index (χ4v) is 1.13. The summed E-state index contributed by atoms with van der Waals surface area (Å²) in [5.41, 5.74) is 0. The largest absolute Gasteiger partial charge is 0.364 e. The summed E-state index contributed by atoms with van der Waals surface area (Å²) in [7, 11) is -3.72. The molecule has 10 heavy (non-hydrogen) atoms. The van der Waals surface area contributed by atoms with Crippen LogP contribution < -0.4 is 0 Å². The quantitative estimate of drug-likeness (QED) is 0.468. The summed E-state index contributed by atoms with van der Waals surface area (Å²) in [4.78, 5) is 0. The predicted octanol–water partition coefficient (Wildman–Crippen LogP) is 3.01. The molecule has 4 heteroatoms. The molecule has 0 rings (SSSR count). The van der Waals surface area contributed by atoms with Gasteiger partial charge < -0.3 is 4.52 Å². The van der Waals surface area contributed by atoms with Crippen molar-refractivity contribution >= 4 is 7.68 Å². The number of hydrogen-bond donors (Lipinski definition) is 0. The van der Waals surface area contributed by atoms with Crippen LogP contribution in [0.25, 0.3) is 0 Å². The first-order valence-electron chi connectivity index (χ1n) is 2.87. The topological polar surface area (TPSA) is 26.3 Å². The van der Waals surface area contributed by atoms with Crippen LogP contribution in [0.4, 0.5) is 4.20 Å². The Morgan fingerprint density at radius 1 is 1.50 bits per heavy atom. The van der Waals surface area contributed by atoms with Crippen molar-refractivity contribution in [2.24, 2.45) is 0 Å². The van der Waals surface area contributed by atoms with E-state index < -0.39 is 7.68 Å². The summed E-state index contributed by atoms with van der Waals surface area (Å²) in [6, 6.07) is 0. The predicted molar refractivity (Wildman–Crippen MR) is 42.1 cm³/mol. The maximum absolute atomic E-state index is 12.0. The van der Waals surface area contributed by atoms with Crippen LogP contribution in [0.1, 0.15) is 13.8 Å². The average Bonchev–Trinajstić information content (AvgIpc) is 1.64. The van der Waals surface area contributed by atoms with E-state index in [1.54, 1.807) is 13.8 Å². The molecule has 62 valence electrons. The lowest BCUT2D eigenvalue weighted by Crippen LogP contribution is -1.96. The Kier molecular flexibility index (Phi) is 7.05. The van der Waals surface area contributed by atoms with Crippen molar-refractivity contribution in [3.63, 3.8) is 0 Å². The first kappa shape index (κ1) is 12.5. The van der Waals surface area contributed by atoms with E-state index in [0.717, 1.165) is 6.66 Å². The van der Waals surface area contributed by atoms with Gasteiger partial charge in [-0.3, -0.25) is 4.57 Å². The molecule has 2 nitrogen and oxygen atoms in total. The highest BCUT2D eigenvalue weighted by Crippen LogP contribution is 2.44. The van der Waals surface area contributed by atoms with Crippen LogP contribution in [-0.4, -0.2) is 12.8 Å². The molecule has 0 saturated heterocycles. The Bertz CT molecular complexity index is 119. The van der Waals surface area contributed by atoms with Crippen LogP contribution in [0.3, 0.4) is 0 Å². The highest BCUT2D eigenvalue weighted by atomic mass is 31.2. The third-order valence-corrected chi connectivity index (χ3v) is 1.20. The van der Waals surface area contributed by atoms with Crippen LogP contribution in [0.5, 0.6) is 0 Å². The average molecular weight is 168 g/mol. The summed E-state index contributed by atoms with van der Waals surface area (Å²) >= 11 is 0. The molecule has 0 radical (unpaired) electrons. The van der Waals surface area contributed by atoms with Crippen LogP contribution in [0.2, 0.25) is 0 Å². The Balaban J connectivity index is 0. The smallest absolute Gasteiger partial charge is 0.303 e. The zero-order valence-corrected chi connectivity index (χ0v) is 7.53. The van der Waals surface area contributed by atoms with Gasteiger partial charge in [0.15, 0.2) is 0 Å². The lowest BCUT2D eigenvalue weighted by molar-refractivity contribution is 0.227. The molecule has 0 bridgehead atoms. The van der Waals surface area contributed by atoms with E-state index in [1.165, 1.54) is 0 Å². The Hall–Kier alpha value is -0.140. The molecule has 0 aliphatic carbocycles. The molecule has 0 aromatic heterocycles. The monoisotopic (exact) mass is 168 g/mol. The minimum absolute atomic E-state index is 0.296. The molecule has 0 spiro atoms. The lowest BCUT2D eigenvalue weighted by Gasteiger charge is -2.06. The van der Waals surface area contributed by atoms with Crippen molar-refractivity contribution in [2.45, 2.75) is 20.0 Å². The first-order valence-corrected chi connectivity index (χ1v) is 4.83. The van der Waals surface area contributed by atoms with E-state index in [2.05, 4.69) is 17.7 Å². The Labute approximate surface area is 61.7 Å². The first-order chi connectivity index (χ1) is 4.42. The van der Waals surface area contributed by atoms with Gasteiger partial charge in [0.1, 0.15) is 0 Å². The van der Waals surface area contributed by atoms with Crippen molar-refractivity contribution in [3.8, 4) is 0 Å². The van der Waals surface area contributed by atoms with Gasteiger partial charge in [-0.2, -0.15) is 4.20 Å². The second-order valence-electron chi connectivity index (χ2n) is 1.90. The molecule has 0 aliphatic rings. The molecule has 0 fully saturated rings. The molecule has 0 aromatic rings. The van der Waals surface area contributed by atoms with Gasteiger partial charge in [-0.25, -0.2) is 0 Å². The summed E-state index contributed by atoms with van der Waals surface area (Å²) in [6.45, 7) is 10.2. The molecule has 0 amide bonds. The van der Waals surface area contributed by atoms with Crippen molar-refractivity contribution in [3.05, 3.63) is 13.2 Å². The Morgan fingerprint density at radius 3 is 1.80 bits per heavy atom. The zero-order chi connectivity index (χ0) is 8.78. The van der Waals surface area contributed by atoms with Gasteiger partial charge in [-0.05, 0) is 13.8 Å². The SMILES string of the molecule is C=C.CC(C)OP(C)(=O)F. The normalized spacial score (nSPS) is 15.3. The summed E-state index contributed by atoms with van der Waals surface area (Å²) < 4.78 is 26.4. The fraction of sp³-hybridized carbons (Fsp3) is 0.667. The van der Waals surface area contributed by atoms with Gasteiger partial charge in [0.25, 0.3) is 0 Å². The van der Waals surface area contributed by atoms with Crippen molar-refractivity contribution < 1.29 is 13.3 Å². The van der Waals surface area contributed by atoms with E-state index in [1.807, 2.05) is 0 Å². The number of hydrogen-bond acceptors (Lipinski definition) is 2. The van der Waals surface area contributed by atoms with Gasteiger partial charge in [0.05, 0.1) is 6.10 Å². The molecular formula is C6H14FO2P. The molecular weight excluding hydrogens is 154 g/mol. The summed E-state index contributed by atoms with van der Waals surface area (Å²) in [5, 5.41) is 0. The minimum Gasteiger partial charge on any atom is -0.303 e. The molecule has 0 saturated carbocycles. The van der Waals surface area contributed by atoms with E-state index >= 15 is 0 Å². The molecule has 0 aliphatic heterocycles. The van der Waals surface area contributed by atoms with Gasteiger partial charge in [0, 0.05) is 6.66 Å². The standard InChI is InChI=1S/C4H10FO2P.C2H4/c1-4(2)7-8(3,5)6;1-2/h4H,1-3H3;1-2H2. The fourth-order valence-electron chi connectivity index (χ4n) is 0.377. The van der Waals surface area contributed by atoms with Gasteiger partial charge in [0.2, 0.25) is 0 Å². The molecule has 1 unspecified atom stereocenters. The van der Waals surface area contributed by atoms with E-state index in [-0.39, 0.29) is 6.10 Å². The zero-order valence-electron chi connectivity index (χ0n) is 6.63. The van der Waals surface area contributed by atoms with Crippen LogP contribution in [0, 0.1) is 0 Å². The third kappa shape index (κ3) is 15.7. The van der Waals surface area contributed by atoms with Gasteiger partial charge >= 0.3 is 7.68 Å². The third-order valence-electron chi connectivity index (χ3n) is 0.399. The van der Waals surface area contributed by atoms with E-state index in [0.29, 0.717) is 0 Å². The summed E-state index contributed by atoms with van der Waals surface area (Å²) in [5.74, 6) is 0. The molecule has 0 N–H and O–H groups in total. The molecule has 1 atom stereocenters. The molecule has 0 heterocycles. The van der Waals surface area contributed by atoms with Crippen molar-refractivity contribution in [1.82, 2.24) is 0 Å². The molecule has 0 aromatic carbocycles. The lowest BCUT2D eigenvalue weighted by atomic mass is 10.5. The van der Waals surface area contributed by atoms with E-state index in [9.17, 15) is 8.76 Å².